The smallest absolute Gasteiger partial charge is 0.250 e. The van der Waals surface area contributed by atoms with E-state index in [2.05, 4.69) is 10.6 Å². The van der Waals surface area contributed by atoms with Crippen LogP contribution >= 0.6 is 0 Å². The van der Waals surface area contributed by atoms with Crippen molar-refractivity contribution in [1.82, 2.24) is 4.90 Å². The largest absolute Gasteiger partial charge is 0.494 e. The molecule has 0 aromatic heterocycles. The lowest BCUT2D eigenvalue weighted by molar-refractivity contribution is -0.139. The van der Waals surface area contributed by atoms with Gasteiger partial charge in [-0.05, 0) is 79.8 Å². The van der Waals surface area contributed by atoms with E-state index in [0.29, 0.717) is 56.0 Å². The molecule has 3 aromatic rings. The van der Waals surface area contributed by atoms with Crippen molar-refractivity contribution < 1.29 is 29.0 Å². The first-order chi connectivity index (χ1) is 20.9. The normalized spacial score (nSPS) is 25.6. The molecule has 2 unspecified atom stereocenters. The molecule has 3 amide bonds. The molecule has 0 radical (unpaired) electrons. The summed E-state index contributed by atoms with van der Waals surface area (Å²) in [6, 6.07) is 20.0. The van der Waals surface area contributed by atoms with Crippen LogP contribution in [-0.4, -0.2) is 65.2 Å². The van der Waals surface area contributed by atoms with E-state index in [1.807, 2.05) is 49.4 Å². The number of fused-ring (bicyclic) bond motifs is 2. The molecule has 3 aliphatic rings. The zero-order chi connectivity index (χ0) is 30.0. The van der Waals surface area contributed by atoms with Crippen molar-refractivity contribution in [1.29, 1.82) is 0 Å². The van der Waals surface area contributed by atoms with E-state index >= 15 is 0 Å². The monoisotopic (exact) mass is 585 g/mol. The van der Waals surface area contributed by atoms with Gasteiger partial charge in [-0.2, -0.15) is 0 Å². The molecule has 43 heavy (non-hydrogen) atoms. The summed E-state index contributed by atoms with van der Waals surface area (Å²) < 4.78 is 12.1. The van der Waals surface area contributed by atoms with Crippen molar-refractivity contribution >= 4 is 39.9 Å². The number of benzene rings is 3. The highest BCUT2D eigenvalue weighted by Gasteiger charge is 2.74. The summed E-state index contributed by atoms with van der Waals surface area (Å²) in [5, 5.41) is 17.3. The number of aliphatic hydroxyl groups is 1. The van der Waals surface area contributed by atoms with Crippen LogP contribution in [0.1, 0.15) is 45.4 Å². The van der Waals surface area contributed by atoms with Gasteiger partial charge in [0.2, 0.25) is 17.7 Å². The second-order valence-corrected chi connectivity index (χ2v) is 11.7. The Morgan fingerprint density at radius 2 is 1.67 bits per heavy atom. The number of hydrogen-bond donors (Lipinski definition) is 3. The van der Waals surface area contributed by atoms with Crippen LogP contribution in [0.5, 0.6) is 5.75 Å². The molecule has 3 aliphatic heterocycles. The van der Waals surface area contributed by atoms with E-state index in [1.165, 1.54) is 0 Å². The lowest BCUT2D eigenvalue weighted by Crippen LogP contribution is -2.53. The SMILES string of the molecule is CCOc1ccc(NC(=O)[C@@H]2[C@@H]3CCC4(O3)C(C(=O)Nc3ccc5ccccc5c3)N(CCCCCCO)C(=O)[C@H]24)cc1. The Morgan fingerprint density at radius 3 is 2.44 bits per heavy atom. The van der Waals surface area contributed by atoms with Gasteiger partial charge < -0.3 is 30.1 Å². The number of nitrogens with one attached hydrogen (secondary N) is 2. The molecule has 3 heterocycles. The van der Waals surface area contributed by atoms with Crippen LogP contribution in [0.3, 0.4) is 0 Å². The molecule has 0 aliphatic carbocycles. The Morgan fingerprint density at radius 1 is 0.953 bits per heavy atom. The van der Waals surface area contributed by atoms with Crippen LogP contribution in [0.15, 0.2) is 66.7 Å². The van der Waals surface area contributed by atoms with Crippen LogP contribution in [0, 0.1) is 11.8 Å². The molecule has 2 bridgehead atoms. The molecule has 0 saturated carbocycles. The first-order valence-electron chi connectivity index (χ1n) is 15.4. The number of nitrogens with zero attached hydrogens (tertiary/aromatic N) is 1. The predicted molar refractivity (Wildman–Crippen MR) is 164 cm³/mol. The maximum absolute atomic E-state index is 14.1. The first-order valence-corrected chi connectivity index (χ1v) is 15.4. The van der Waals surface area contributed by atoms with E-state index in [1.54, 1.807) is 29.2 Å². The Bertz CT molecular complexity index is 1490. The zero-order valence-electron chi connectivity index (χ0n) is 24.5. The topological polar surface area (TPSA) is 117 Å². The van der Waals surface area contributed by atoms with Gasteiger partial charge >= 0.3 is 0 Å². The maximum Gasteiger partial charge on any atom is 0.250 e. The molecule has 3 fully saturated rings. The minimum Gasteiger partial charge on any atom is -0.494 e. The van der Waals surface area contributed by atoms with Crippen molar-refractivity contribution in [3.63, 3.8) is 0 Å². The van der Waals surface area contributed by atoms with Crippen LogP contribution < -0.4 is 15.4 Å². The molecular weight excluding hydrogens is 546 g/mol. The van der Waals surface area contributed by atoms with Crippen LogP contribution in [0.2, 0.25) is 0 Å². The number of rotatable bonds is 12. The van der Waals surface area contributed by atoms with E-state index in [4.69, 9.17) is 14.6 Å². The number of likely N-dealkylation sites (tertiary alicyclic amines) is 1. The number of amides is 3. The van der Waals surface area contributed by atoms with E-state index in [-0.39, 0.29) is 24.3 Å². The number of carbonyl (C=O) groups excluding carboxylic acids is 3. The summed E-state index contributed by atoms with van der Waals surface area (Å²) in [7, 11) is 0. The quantitative estimate of drug-likeness (QED) is 0.264. The van der Waals surface area contributed by atoms with E-state index in [0.717, 1.165) is 23.6 Å². The highest BCUT2D eigenvalue weighted by atomic mass is 16.5. The molecular formula is C34H39N3O6. The first kappa shape index (κ1) is 29.1. The second kappa shape index (κ2) is 12.3. The number of unbranched alkanes of at least 4 members (excludes halogenated alkanes) is 3. The molecule has 3 aromatic carbocycles. The molecule has 5 atom stereocenters. The summed E-state index contributed by atoms with van der Waals surface area (Å²) in [5.41, 5.74) is 0.201. The number of aliphatic hydroxyl groups excluding tert-OH is 1. The van der Waals surface area contributed by atoms with Gasteiger partial charge in [-0.15, -0.1) is 0 Å². The van der Waals surface area contributed by atoms with Gasteiger partial charge in [0.25, 0.3) is 0 Å². The van der Waals surface area contributed by atoms with Crippen LogP contribution in [0.4, 0.5) is 11.4 Å². The van der Waals surface area contributed by atoms with Gasteiger partial charge in [0, 0.05) is 24.5 Å². The zero-order valence-corrected chi connectivity index (χ0v) is 24.5. The average Bonchev–Trinajstić information content (AvgIpc) is 3.65. The number of anilines is 2. The fourth-order valence-electron chi connectivity index (χ4n) is 7.25. The number of hydrogen-bond acceptors (Lipinski definition) is 6. The standard InChI is InChI=1S/C34H39N3O6/c1-2-42-26-15-13-24(14-16-26)35-31(39)28-27-17-18-34(43-27)29(28)33(41)37(19-7-3-4-8-20-38)30(34)32(40)36-25-12-11-22-9-5-6-10-23(22)21-25/h5-6,9-16,21,27-30,38H,2-4,7-8,17-20H2,1H3,(H,35,39)(H,36,40)/t27-,28+,29-,30?,34?/m0/s1. The molecule has 3 N–H and O–H groups in total. The summed E-state index contributed by atoms with van der Waals surface area (Å²) in [5.74, 6) is -1.48. The van der Waals surface area contributed by atoms with Crippen molar-refractivity contribution in [2.24, 2.45) is 11.8 Å². The van der Waals surface area contributed by atoms with Crippen molar-refractivity contribution in [3.05, 3.63) is 66.7 Å². The van der Waals surface area contributed by atoms with E-state index in [9.17, 15) is 14.4 Å². The van der Waals surface area contributed by atoms with Crippen molar-refractivity contribution in [2.45, 2.75) is 63.2 Å². The minimum atomic E-state index is -1.06. The van der Waals surface area contributed by atoms with E-state index < -0.39 is 29.6 Å². The molecule has 226 valence electrons. The lowest BCUT2D eigenvalue weighted by atomic mass is 9.70. The lowest BCUT2D eigenvalue weighted by Gasteiger charge is -2.33. The highest BCUT2D eigenvalue weighted by molar-refractivity contribution is 6.05. The third-order valence-electron chi connectivity index (χ3n) is 9.11. The summed E-state index contributed by atoms with van der Waals surface area (Å²) in [4.78, 5) is 43.6. The fraction of sp³-hybridized carbons (Fsp3) is 0.441. The molecule has 1 spiro atoms. The summed E-state index contributed by atoms with van der Waals surface area (Å²) >= 11 is 0. The Hall–Kier alpha value is -3.95. The number of carbonyl (C=O) groups is 3. The fourth-order valence-corrected chi connectivity index (χ4v) is 7.25. The molecule has 3 saturated heterocycles. The third kappa shape index (κ3) is 5.47. The van der Waals surface area contributed by atoms with Gasteiger partial charge in [0.1, 0.15) is 17.4 Å². The Balaban J connectivity index is 1.25. The summed E-state index contributed by atoms with van der Waals surface area (Å²) in [6.07, 6.45) is 3.77. The highest BCUT2D eigenvalue weighted by Crippen LogP contribution is 2.58. The van der Waals surface area contributed by atoms with Gasteiger partial charge in [-0.3, -0.25) is 14.4 Å². The second-order valence-electron chi connectivity index (χ2n) is 11.7. The predicted octanol–water partition coefficient (Wildman–Crippen LogP) is 4.74. The van der Waals surface area contributed by atoms with Crippen molar-refractivity contribution in [3.8, 4) is 5.75 Å². The number of ether oxygens (including phenoxy) is 2. The van der Waals surface area contributed by atoms with Gasteiger partial charge in [-0.25, -0.2) is 0 Å². The third-order valence-corrected chi connectivity index (χ3v) is 9.11. The van der Waals surface area contributed by atoms with Crippen molar-refractivity contribution in [2.75, 3.05) is 30.4 Å². The maximum atomic E-state index is 14.1. The average molecular weight is 586 g/mol. The van der Waals surface area contributed by atoms with Gasteiger partial charge in [-0.1, -0.05) is 43.2 Å². The molecule has 9 nitrogen and oxygen atoms in total. The Labute approximate surface area is 251 Å². The van der Waals surface area contributed by atoms with Gasteiger partial charge in [0.05, 0.1) is 24.5 Å². The summed E-state index contributed by atoms with van der Waals surface area (Å²) in [6.45, 7) is 2.98. The Kier molecular flexibility index (Phi) is 8.36. The van der Waals surface area contributed by atoms with Crippen LogP contribution in [0.25, 0.3) is 10.8 Å². The molecule has 6 rings (SSSR count). The van der Waals surface area contributed by atoms with Crippen LogP contribution in [-0.2, 0) is 19.1 Å². The minimum absolute atomic E-state index is 0.130. The molecule has 9 heteroatoms. The van der Waals surface area contributed by atoms with Gasteiger partial charge in [0.15, 0.2) is 0 Å².